The summed E-state index contributed by atoms with van der Waals surface area (Å²) in [4.78, 5) is 24.1. The molecule has 2 aromatic carbocycles. The van der Waals surface area contributed by atoms with Crippen molar-refractivity contribution >= 4 is 29.4 Å². The molecule has 6 heteroatoms. The minimum atomic E-state index is -0.494. The molecule has 0 N–H and O–H groups in total. The predicted molar refractivity (Wildman–Crippen MR) is 102 cm³/mol. The summed E-state index contributed by atoms with van der Waals surface area (Å²) in [5.41, 5.74) is 2.71. The second kappa shape index (κ2) is 6.84. The van der Waals surface area contributed by atoms with E-state index in [4.69, 9.17) is 4.74 Å². The number of nitrogens with zero attached hydrogens (tertiary/aromatic N) is 2. The van der Waals surface area contributed by atoms with Crippen molar-refractivity contribution in [3.05, 3.63) is 69.8 Å². The summed E-state index contributed by atoms with van der Waals surface area (Å²) < 4.78 is 6.09. The highest BCUT2D eigenvalue weighted by Gasteiger charge is 2.23. The zero-order valence-corrected chi connectivity index (χ0v) is 14.6. The number of non-ortho nitro benzene ring substituents is 1. The van der Waals surface area contributed by atoms with Crippen molar-refractivity contribution in [2.24, 2.45) is 0 Å². The van der Waals surface area contributed by atoms with Crippen molar-refractivity contribution in [2.75, 3.05) is 11.9 Å². The Balaban J connectivity index is 2.23. The van der Waals surface area contributed by atoms with Crippen LogP contribution in [0.2, 0.25) is 0 Å². The zero-order valence-electron chi connectivity index (χ0n) is 14.6. The third-order valence-electron chi connectivity index (χ3n) is 4.28. The Morgan fingerprint density at radius 2 is 2.12 bits per heavy atom. The van der Waals surface area contributed by atoms with E-state index in [9.17, 15) is 14.9 Å². The molecule has 0 spiro atoms. The van der Waals surface area contributed by atoms with Gasteiger partial charge in [-0.05, 0) is 18.1 Å². The number of nitro groups is 1. The Kier molecular flexibility index (Phi) is 4.58. The molecule has 26 heavy (non-hydrogen) atoms. The van der Waals surface area contributed by atoms with Gasteiger partial charge in [0.05, 0.1) is 16.7 Å². The van der Waals surface area contributed by atoms with Gasteiger partial charge in [-0.25, -0.2) is 0 Å². The van der Waals surface area contributed by atoms with Crippen LogP contribution in [-0.4, -0.2) is 17.9 Å². The number of carbonyl (C=O) groups excluding carboxylic acids is 1. The fourth-order valence-corrected chi connectivity index (χ4v) is 2.86. The maximum atomic E-state index is 11.8. The number of nitro benzene ring substituents is 1. The topological polar surface area (TPSA) is 72.7 Å². The highest BCUT2D eigenvalue weighted by molar-refractivity contribution is 5.96. The molecule has 3 rings (SSSR count). The minimum Gasteiger partial charge on any atom is -0.455 e. The summed E-state index contributed by atoms with van der Waals surface area (Å²) in [6.45, 7) is 5.17. The first-order valence-corrected chi connectivity index (χ1v) is 8.08. The average molecular weight is 350 g/mol. The number of benzene rings is 2. The number of hydrogen-bond donors (Lipinski definition) is 0. The summed E-state index contributed by atoms with van der Waals surface area (Å²) in [6.07, 6.45) is 6.09. The fourth-order valence-electron chi connectivity index (χ4n) is 2.86. The Hall–Kier alpha value is -3.41. The monoisotopic (exact) mass is 350 g/mol. The molecule has 0 saturated carbocycles. The van der Waals surface area contributed by atoms with Crippen LogP contribution in [-0.2, 0) is 11.2 Å². The normalized spacial score (nSPS) is 11.6. The molecule has 1 aliphatic rings. The Morgan fingerprint density at radius 3 is 2.77 bits per heavy atom. The number of amides is 1. The minimum absolute atomic E-state index is 0.134. The first-order chi connectivity index (χ1) is 12.4. The van der Waals surface area contributed by atoms with E-state index in [2.05, 4.69) is 6.58 Å². The second-order valence-corrected chi connectivity index (χ2v) is 5.98. The molecule has 132 valence electrons. The summed E-state index contributed by atoms with van der Waals surface area (Å²) in [5.74, 6) is 0.753. The van der Waals surface area contributed by atoms with Crippen LogP contribution < -0.4 is 9.64 Å². The first-order valence-electron chi connectivity index (χ1n) is 8.08. The van der Waals surface area contributed by atoms with Crippen LogP contribution in [0.25, 0.3) is 12.2 Å². The number of ether oxygens (including phenoxy) is 1. The zero-order chi connectivity index (χ0) is 18.8. The van der Waals surface area contributed by atoms with Crippen molar-refractivity contribution < 1.29 is 14.5 Å². The maximum absolute atomic E-state index is 11.8. The van der Waals surface area contributed by atoms with Gasteiger partial charge in [-0.2, -0.15) is 0 Å². The summed E-state index contributed by atoms with van der Waals surface area (Å²) in [5, 5.41) is 11.3. The summed E-state index contributed by atoms with van der Waals surface area (Å²) >= 11 is 0. The maximum Gasteiger partial charge on any atom is 0.275 e. The largest absolute Gasteiger partial charge is 0.455 e. The van der Waals surface area contributed by atoms with E-state index in [1.165, 1.54) is 24.0 Å². The number of para-hydroxylation sites is 1. The van der Waals surface area contributed by atoms with E-state index in [1.807, 2.05) is 30.4 Å². The number of hydrogen-bond acceptors (Lipinski definition) is 4. The van der Waals surface area contributed by atoms with Crippen LogP contribution in [0.3, 0.4) is 0 Å². The van der Waals surface area contributed by atoms with Crippen LogP contribution in [0, 0.1) is 10.1 Å². The van der Waals surface area contributed by atoms with Gasteiger partial charge in [0.25, 0.3) is 5.69 Å². The second-order valence-electron chi connectivity index (χ2n) is 5.98. The molecule has 0 bridgehead atoms. The first kappa shape index (κ1) is 17.4. The van der Waals surface area contributed by atoms with Gasteiger partial charge >= 0.3 is 0 Å². The van der Waals surface area contributed by atoms with Gasteiger partial charge in [0.2, 0.25) is 5.91 Å². The molecule has 2 aromatic rings. The van der Waals surface area contributed by atoms with Crippen molar-refractivity contribution in [3.63, 3.8) is 0 Å². The van der Waals surface area contributed by atoms with Crippen molar-refractivity contribution in [1.29, 1.82) is 0 Å². The Labute approximate surface area is 151 Å². The van der Waals surface area contributed by atoms with E-state index >= 15 is 0 Å². The van der Waals surface area contributed by atoms with Gasteiger partial charge in [-0.3, -0.25) is 14.9 Å². The van der Waals surface area contributed by atoms with Crippen LogP contribution in [0.5, 0.6) is 11.5 Å². The van der Waals surface area contributed by atoms with Crippen LogP contribution in [0.4, 0.5) is 11.4 Å². The molecule has 1 aliphatic heterocycles. The van der Waals surface area contributed by atoms with Gasteiger partial charge < -0.3 is 9.64 Å². The molecule has 0 fully saturated rings. The molecule has 1 heterocycles. The molecular formula is C20H18N2O4. The van der Waals surface area contributed by atoms with E-state index < -0.39 is 4.92 Å². The lowest BCUT2D eigenvalue weighted by Gasteiger charge is -2.20. The smallest absolute Gasteiger partial charge is 0.275 e. The average Bonchev–Trinajstić information content (AvgIpc) is 2.80. The van der Waals surface area contributed by atoms with E-state index in [0.29, 0.717) is 29.2 Å². The standard InChI is InChI=1S/C20H18N2O4/c1-4-6-14-7-5-8-15-9-10-17-18(21(3)13(2)23)11-16(22(24)25)12-19(17)26-20(14)15/h4-5,7-12H,1,6H2,2-3H3. The van der Waals surface area contributed by atoms with E-state index in [0.717, 1.165) is 11.1 Å². The Morgan fingerprint density at radius 1 is 1.35 bits per heavy atom. The number of fused-ring (bicyclic) bond motifs is 2. The number of carbonyl (C=O) groups is 1. The van der Waals surface area contributed by atoms with Crippen molar-refractivity contribution in [1.82, 2.24) is 0 Å². The lowest BCUT2D eigenvalue weighted by molar-refractivity contribution is -0.384. The summed E-state index contributed by atoms with van der Waals surface area (Å²) in [7, 11) is 1.58. The quantitative estimate of drug-likeness (QED) is 0.392. The molecule has 0 saturated heterocycles. The highest BCUT2D eigenvalue weighted by Crippen LogP contribution is 2.42. The number of anilines is 1. The molecule has 0 unspecified atom stereocenters. The molecule has 6 nitrogen and oxygen atoms in total. The fraction of sp³-hybridized carbons (Fsp3) is 0.150. The van der Waals surface area contributed by atoms with Gasteiger partial charge in [0, 0.05) is 31.2 Å². The van der Waals surface area contributed by atoms with E-state index in [-0.39, 0.29) is 11.6 Å². The van der Waals surface area contributed by atoms with Gasteiger partial charge in [-0.15, -0.1) is 6.58 Å². The van der Waals surface area contributed by atoms with Crippen LogP contribution >= 0.6 is 0 Å². The number of rotatable bonds is 4. The van der Waals surface area contributed by atoms with E-state index in [1.54, 1.807) is 13.1 Å². The molecule has 0 aromatic heterocycles. The van der Waals surface area contributed by atoms with Crippen LogP contribution in [0.15, 0.2) is 43.0 Å². The van der Waals surface area contributed by atoms with Crippen molar-refractivity contribution in [2.45, 2.75) is 13.3 Å². The Bertz CT molecular complexity index is 947. The SMILES string of the molecule is C=CCc1cccc2c1Oc1cc([N+](=O)[O-])cc(N(C)C(C)=O)c1C=C2. The van der Waals surface area contributed by atoms with Gasteiger partial charge in [0.15, 0.2) is 0 Å². The van der Waals surface area contributed by atoms with Crippen molar-refractivity contribution in [3.8, 4) is 11.5 Å². The molecule has 0 aliphatic carbocycles. The predicted octanol–water partition coefficient (Wildman–Crippen LogP) is 4.58. The molecule has 1 amide bonds. The lowest BCUT2D eigenvalue weighted by Crippen LogP contribution is -2.23. The molecule has 0 atom stereocenters. The highest BCUT2D eigenvalue weighted by atomic mass is 16.6. The summed E-state index contributed by atoms with van der Waals surface area (Å²) in [6, 6.07) is 8.53. The van der Waals surface area contributed by atoms with Crippen LogP contribution in [0.1, 0.15) is 23.6 Å². The van der Waals surface area contributed by atoms with Gasteiger partial charge in [0.1, 0.15) is 11.5 Å². The van der Waals surface area contributed by atoms with Gasteiger partial charge in [-0.1, -0.05) is 30.4 Å². The molecular weight excluding hydrogens is 332 g/mol. The number of allylic oxidation sites excluding steroid dienone is 1. The molecule has 0 radical (unpaired) electrons. The third-order valence-corrected chi connectivity index (χ3v) is 4.28. The lowest BCUT2D eigenvalue weighted by atomic mass is 10.1. The third kappa shape index (κ3) is 3.09.